The molecule has 0 aliphatic heterocycles. The Morgan fingerprint density at radius 1 is 1.14 bits per heavy atom. The minimum absolute atomic E-state index is 0.00190. The van der Waals surface area contributed by atoms with Crippen molar-refractivity contribution in [3.05, 3.63) is 58.7 Å². The zero-order valence-electron chi connectivity index (χ0n) is 14.8. The Hall–Kier alpha value is -3.47. The fourth-order valence-corrected chi connectivity index (χ4v) is 3.33. The van der Waals surface area contributed by atoms with E-state index in [0.29, 0.717) is 34.1 Å². The van der Waals surface area contributed by atoms with Crippen LogP contribution in [-0.4, -0.2) is 29.9 Å². The second-order valence-corrected chi connectivity index (χ2v) is 7.16. The van der Waals surface area contributed by atoms with E-state index < -0.39 is 4.92 Å². The van der Waals surface area contributed by atoms with Gasteiger partial charge in [0, 0.05) is 24.7 Å². The van der Waals surface area contributed by atoms with Crippen molar-refractivity contribution in [3.8, 4) is 23.0 Å². The van der Waals surface area contributed by atoms with Crippen molar-refractivity contribution >= 4 is 17.4 Å². The maximum Gasteiger partial charge on any atom is 0.269 e. The first-order valence-corrected chi connectivity index (χ1v) is 9.09. The van der Waals surface area contributed by atoms with E-state index in [4.69, 9.17) is 8.83 Å². The molecule has 0 unspecified atom stereocenters. The highest BCUT2D eigenvalue weighted by Crippen LogP contribution is 2.35. The highest BCUT2D eigenvalue weighted by molar-refractivity contribution is 7.99. The molecule has 1 atom stereocenters. The number of nitro benzene ring substituents is 1. The molecule has 142 valence electrons. The van der Waals surface area contributed by atoms with Crippen LogP contribution in [0, 0.1) is 10.1 Å². The van der Waals surface area contributed by atoms with Crippen LogP contribution >= 0.6 is 11.8 Å². The molecule has 0 bridgehead atoms. The Balaban J connectivity index is 1.51. The Morgan fingerprint density at radius 3 is 2.61 bits per heavy atom. The highest BCUT2D eigenvalue weighted by atomic mass is 32.2. The monoisotopic (exact) mass is 398 g/mol. The van der Waals surface area contributed by atoms with Gasteiger partial charge in [0.05, 0.1) is 16.4 Å². The zero-order valence-corrected chi connectivity index (χ0v) is 15.7. The predicted octanol–water partition coefficient (Wildman–Crippen LogP) is 3.89. The van der Waals surface area contributed by atoms with Crippen molar-refractivity contribution in [2.75, 3.05) is 0 Å². The number of rotatable bonds is 6. The van der Waals surface area contributed by atoms with Crippen LogP contribution < -0.4 is 0 Å². The molecule has 0 amide bonds. The summed E-state index contributed by atoms with van der Waals surface area (Å²) in [4.78, 5) is 10.3. The number of hydrogen-bond donors (Lipinski definition) is 0. The van der Waals surface area contributed by atoms with Crippen molar-refractivity contribution in [1.82, 2.24) is 25.0 Å². The quantitative estimate of drug-likeness (QED) is 0.270. The fourth-order valence-electron chi connectivity index (χ4n) is 2.49. The van der Waals surface area contributed by atoms with E-state index in [1.165, 1.54) is 23.9 Å². The molecule has 0 saturated heterocycles. The van der Waals surface area contributed by atoms with Gasteiger partial charge >= 0.3 is 0 Å². The van der Waals surface area contributed by atoms with Gasteiger partial charge < -0.3 is 13.4 Å². The maximum atomic E-state index is 10.8. The molecule has 0 saturated carbocycles. The molecule has 0 aliphatic carbocycles. The first-order valence-electron chi connectivity index (χ1n) is 8.21. The summed E-state index contributed by atoms with van der Waals surface area (Å²) in [6.07, 6.45) is 1.58. The van der Waals surface area contributed by atoms with Crippen LogP contribution in [0.5, 0.6) is 0 Å². The molecule has 4 aromatic rings. The van der Waals surface area contributed by atoms with Gasteiger partial charge in [0.15, 0.2) is 16.7 Å². The molecule has 0 N–H and O–H groups in total. The number of furan rings is 1. The average molecular weight is 398 g/mol. The Labute approximate surface area is 162 Å². The average Bonchev–Trinajstić information content (AvgIpc) is 3.43. The lowest BCUT2D eigenvalue weighted by Gasteiger charge is -2.06. The lowest BCUT2D eigenvalue weighted by molar-refractivity contribution is -0.384. The number of nitrogens with zero attached hydrogens (tertiary/aromatic N) is 6. The summed E-state index contributed by atoms with van der Waals surface area (Å²) in [5.74, 6) is 1.97. The molecule has 28 heavy (non-hydrogen) atoms. The highest BCUT2D eigenvalue weighted by Gasteiger charge is 2.21. The van der Waals surface area contributed by atoms with Gasteiger partial charge in [-0.2, -0.15) is 0 Å². The number of hydrogen-bond acceptors (Lipinski definition) is 9. The second-order valence-electron chi connectivity index (χ2n) is 5.85. The topological polar surface area (TPSA) is 126 Å². The second kappa shape index (κ2) is 7.27. The summed E-state index contributed by atoms with van der Waals surface area (Å²) in [6.45, 7) is 1.92. The zero-order chi connectivity index (χ0) is 19.7. The van der Waals surface area contributed by atoms with Gasteiger partial charge in [-0.15, -0.1) is 20.4 Å². The Morgan fingerprint density at radius 2 is 1.93 bits per heavy atom. The largest absolute Gasteiger partial charge is 0.461 e. The van der Waals surface area contributed by atoms with Gasteiger partial charge in [-0.25, -0.2) is 0 Å². The minimum Gasteiger partial charge on any atom is -0.461 e. The number of non-ortho nitro benzene ring substituents is 1. The molecule has 10 nitrogen and oxygen atoms in total. The predicted molar refractivity (Wildman–Crippen MR) is 99.4 cm³/mol. The molecular formula is C17H14N6O4S. The maximum absolute atomic E-state index is 10.8. The van der Waals surface area contributed by atoms with Gasteiger partial charge in [-0.1, -0.05) is 11.8 Å². The van der Waals surface area contributed by atoms with E-state index >= 15 is 0 Å². The van der Waals surface area contributed by atoms with E-state index in [-0.39, 0.29) is 10.9 Å². The molecule has 1 aromatic carbocycles. The van der Waals surface area contributed by atoms with Crippen molar-refractivity contribution < 1.29 is 13.8 Å². The van der Waals surface area contributed by atoms with E-state index in [2.05, 4.69) is 20.4 Å². The van der Waals surface area contributed by atoms with E-state index in [1.54, 1.807) is 24.5 Å². The molecule has 0 aliphatic rings. The molecule has 11 heteroatoms. The van der Waals surface area contributed by atoms with E-state index in [1.807, 2.05) is 24.6 Å². The molecule has 0 radical (unpaired) electrons. The first-order chi connectivity index (χ1) is 13.5. The summed E-state index contributed by atoms with van der Waals surface area (Å²) < 4.78 is 12.9. The van der Waals surface area contributed by atoms with Gasteiger partial charge in [-0.3, -0.25) is 10.1 Å². The van der Waals surface area contributed by atoms with Crippen molar-refractivity contribution in [1.29, 1.82) is 0 Å². The van der Waals surface area contributed by atoms with Crippen molar-refractivity contribution in [3.63, 3.8) is 0 Å². The number of nitro groups is 1. The van der Waals surface area contributed by atoms with Gasteiger partial charge in [-0.05, 0) is 31.2 Å². The molecule has 4 rings (SSSR count). The third-order valence-electron chi connectivity index (χ3n) is 3.97. The molecule has 0 spiro atoms. The summed E-state index contributed by atoms with van der Waals surface area (Å²) in [7, 11) is 1.85. The summed E-state index contributed by atoms with van der Waals surface area (Å²) in [5.41, 5.74) is 0.613. The van der Waals surface area contributed by atoms with E-state index in [9.17, 15) is 10.1 Å². The Bertz CT molecular complexity index is 1100. The van der Waals surface area contributed by atoms with Crippen molar-refractivity contribution in [2.45, 2.75) is 17.3 Å². The molecular weight excluding hydrogens is 384 g/mol. The smallest absolute Gasteiger partial charge is 0.269 e. The number of benzene rings is 1. The van der Waals surface area contributed by atoms with Gasteiger partial charge in [0.25, 0.3) is 5.69 Å². The van der Waals surface area contributed by atoms with Crippen LogP contribution in [0.1, 0.15) is 18.1 Å². The van der Waals surface area contributed by atoms with Crippen molar-refractivity contribution in [2.24, 2.45) is 7.05 Å². The SMILES string of the molecule is C[C@H](Sc1nnc(-c2ccco2)n1C)c1nnc(-c2ccc([N+](=O)[O-])cc2)o1. The number of aromatic nitrogens is 5. The summed E-state index contributed by atoms with van der Waals surface area (Å²) in [6, 6.07) is 9.55. The third kappa shape index (κ3) is 3.39. The van der Waals surface area contributed by atoms with Crippen LogP contribution in [0.3, 0.4) is 0 Å². The first kappa shape index (κ1) is 17.9. The standard InChI is InChI=1S/C17H14N6O4S/c1-10(28-17-21-18-14(22(17)2)13-4-3-9-26-13)15-19-20-16(27-15)11-5-7-12(8-6-11)23(24)25/h3-10H,1-2H3/t10-/m0/s1. The normalized spacial score (nSPS) is 12.2. The number of thioether (sulfide) groups is 1. The molecule has 3 heterocycles. The minimum atomic E-state index is -0.459. The molecule has 0 fully saturated rings. The summed E-state index contributed by atoms with van der Waals surface area (Å²) in [5, 5.41) is 27.7. The van der Waals surface area contributed by atoms with Crippen LogP contribution in [0.4, 0.5) is 5.69 Å². The Kier molecular flexibility index (Phi) is 4.65. The van der Waals surface area contributed by atoms with Crippen LogP contribution in [0.2, 0.25) is 0 Å². The van der Waals surface area contributed by atoms with Gasteiger partial charge in [0.1, 0.15) is 0 Å². The molecule has 3 aromatic heterocycles. The van der Waals surface area contributed by atoms with Crippen LogP contribution in [0.25, 0.3) is 23.0 Å². The third-order valence-corrected chi connectivity index (χ3v) is 5.09. The van der Waals surface area contributed by atoms with Crippen LogP contribution in [0.15, 0.2) is 56.7 Å². The van der Waals surface area contributed by atoms with E-state index in [0.717, 1.165) is 0 Å². The lowest BCUT2D eigenvalue weighted by atomic mass is 10.2. The van der Waals surface area contributed by atoms with Gasteiger partial charge in [0.2, 0.25) is 11.8 Å². The fraction of sp³-hybridized carbons (Fsp3) is 0.176. The lowest BCUT2D eigenvalue weighted by Crippen LogP contribution is -1.96. The summed E-state index contributed by atoms with van der Waals surface area (Å²) >= 11 is 1.42. The van der Waals surface area contributed by atoms with Crippen LogP contribution in [-0.2, 0) is 7.05 Å².